The Labute approximate surface area is 126 Å². The SMILES string of the molecule is OC(CN1CCCC(N2CCCC2)C1)c1ccccc1F. The van der Waals surface area contributed by atoms with Crippen LogP contribution in [0.4, 0.5) is 4.39 Å². The molecular formula is C17H25FN2O. The lowest BCUT2D eigenvalue weighted by Gasteiger charge is -2.38. The van der Waals surface area contributed by atoms with E-state index in [-0.39, 0.29) is 5.82 Å². The van der Waals surface area contributed by atoms with Crippen molar-refractivity contribution >= 4 is 0 Å². The van der Waals surface area contributed by atoms with Gasteiger partial charge in [0.25, 0.3) is 0 Å². The minimum absolute atomic E-state index is 0.307. The van der Waals surface area contributed by atoms with Gasteiger partial charge < -0.3 is 5.11 Å². The van der Waals surface area contributed by atoms with Gasteiger partial charge in [0.05, 0.1) is 6.10 Å². The van der Waals surface area contributed by atoms with Crippen LogP contribution in [-0.2, 0) is 0 Å². The fourth-order valence-electron chi connectivity index (χ4n) is 3.69. The first-order chi connectivity index (χ1) is 10.2. The zero-order chi connectivity index (χ0) is 14.7. The molecular weight excluding hydrogens is 267 g/mol. The summed E-state index contributed by atoms with van der Waals surface area (Å²) in [5.41, 5.74) is 0.417. The van der Waals surface area contributed by atoms with E-state index in [1.165, 1.54) is 44.8 Å². The van der Waals surface area contributed by atoms with Crippen LogP contribution in [0.15, 0.2) is 24.3 Å². The molecule has 0 saturated carbocycles. The third-order valence-electron chi connectivity index (χ3n) is 4.83. The van der Waals surface area contributed by atoms with Gasteiger partial charge >= 0.3 is 0 Å². The largest absolute Gasteiger partial charge is 0.387 e. The van der Waals surface area contributed by atoms with Crippen LogP contribution in [0, 0.1) is 5.82 Å². The third-order valence-corrected chi connectivity index (χ3v) is 4.83. The van der Waals surface area contributed by atoms with Gasteiger partial charge in [-0.1, -0.05) is 18.2 Å². The number of hydrogen-bond acceptors (Lipinski definition) is 3. The fraction of sp³-hybridized carbons (Fsp3) is 0.647. The highest BCUT2D eigenvalue weighted by Crippen LogP contribution is 2.23. The van der Waals surface area contributed by atoms with Gasteiger partial charge in [0.15, 0.2) is 0 Å². The molecule has 116 valence electrons. The normalized spacial score (nSPS) is 26.1. The summed E-state index contributed by atoms with van der Waals surface area (Å²) >= 11 is 0. The summed E-state index contributed by atoms with van der Waals surface area (Å²) in [6, 6.07) is 7.17. The summed E-state index contributed by atoms with van der Waals surface area (Å²) in [6.45, 7) is 4.98. The lowest BCUT2D eigenvalue weighted by Crippen LogP contribution is -2.47. The van der Waals surface area contributed by atoms with E-state index in [0.29, 0.717) is 18.2 Å². The molecule has 1 aromatic carbocycles. The first-order valence-corrected chi connectivity index (χ1v) is 8.13. The first-order valence-electron chi connectivity index (χ1n) is 8.13. The zero-order valence-electron chi connectivity index (χ0n) is 12.5. The number of hydrogen-bond donors (Lipinski definition) is 1. The van der Waals surface area contributed by atoms with Gasteiger partial charge in [-0.15, -0.1) is 0 Å². The van der Waals surface area contributed by atoms with Crippen LogP contribution in [-0.4, -0.2) is 53.7 Å². The Morgan fingerprint density at radius 3 is 2.67 bits per heavy atom. The average Bonchev–Trinajstić information content (AvgIpc) is 3.02. The van der Waals surface area contributed by atoms with Crippen LogP contribution in [0.3, 0.4) is 0 Å². The van der Waals surface area contributed by atoms with Gasteiger partial charge in [0, 0.05) is 24.7 Å². The Balaban J connectivity index is 1.58. The maximum absolute atomic E-state index is 13.7. The molecule has 0 radical (unpaired) electrons. The maximum Gasteiger partial charge on any atom is 0.129 e. The molecule has 2 atom stereocenters. The predicted octanol–water partition coefficient (Wildman–Crippen LogP) is 2.42. The first kappa shape index (κ1) is 14.9. The molecule has 2 unspecified atom stereocenters. The molecule has 2 heterocycles. The van der Waals surface area contributed by atoms with Gasteiger partial charge in [-0.05, 0) is 51.4 Å². The van der Waals surface area contributed by atoms with E-state index < -0.39 is 6.10 Å². The number of halogens is 1. The number of likely N-dealkylation sites (tertiary alicyclic amines) is 2. The number of aliphatic hydroxyl groups excluding tert-OH is 1. The number of rotatable bonds is 4. The molecule has 0 amide bonds. The minimum atomic E-state index is -0.733. The molecule has 2 fully saturated rings. The van der Waals surface area contributed by atoms with Crippen molar-refractivity contribution in [3.8, 4) is 0 Å². The molecule has 0 aliphatic carbocycles. The van der Waals surface area contributed by atoms with Gasteiger partial charge in [0.2, 0.25) is 0 Å². The number of piperidine rings is 1. The topological polar surface area (TPSA) is 26.7 Å². The second-order valence-electron chi connectivity index (χ2n) is 6.34. The molecule has 1 N–H and O–H groups in total. The van der Waals surface area contributed by atoms with Gasteiger partial charge in [0.1, 0.15) is 5.82 Å². The molecule has 0 bridgehead atoms. The smallest absolute Gasteiger partial charge is 0.129 e. The van der Waals surface area contributed by atoms with Crippen molar-refractivity contribution in [1.29, 1.82) is 0 Å². The third kappa shape index (κ3) is 3.62. The molecule has 3 nitrogen and oxygen atoms in total. The van der Waals surface area contributed by atoms with Crippen molar-refractivity contribution in [1.82, 2.24) is 9.80 Å². The van der Waals surface area contributed by atoms with Crippen LogP contribution < -0.4 is 0 Å². The Bertz CT molecular complexity index is 462. The predicted molar refractivity (Wildman–Crippen MR) is 81.6 cm³/mol. The summed E-state index contributed by atoms with van der Waals surface area (Å²) in [6.07, 6.45) is 4.32. The number of nitrogens with zero attached hydrogens (tertiary/aromatic N) is 2. The van der Waals surface area contributed by atoms with Crippen LogP contribution in [0.1, 0.15) is 37.4 Å². The van der Waals surface area contributed by atoms with Gasteiger partial charge in [-0.25, -0.2) is 4.39 Å². The second kappa shape index (κ2) is 6.86. The number of aliphatic hydroxyl groups is 1. The summed E-state index contributed by atoms with van der Waals surface area (Å²) in [5.74, 6) is -0.307. The van der Waals surface area contributed by atoms with E-state index in [0.717, 1.165) is 13.1 Å². The molecule has 0 aromatic heterocycles. The Morgan fingerprint density at radius 1 is 1.14 bits per heavy atom. The van der Waals surface area contributed by atoms with E-state index in [2.05, 4.69) is 9.80 Å². The van der Waals surface area contributed by atoms with E-state index >= 15 is 0 Å². The number of β-amino-alcohol motifs (C(OH)–C–C–N with tert-alkyl or cyclic N) is 1. The van der Waals surface area contributed by atoms with Crippen LogP contribution >= 0.6 is 0 Å². The van der Waals surface area contributed by atoms with Crippen molar-refractivity contribution in [2.75, 3.05) is 32.7 Å². The Morgan fingerprint density at radius 2 is 1.90 bits per heavy atom. The summed E-state index contributed by atoms with van der Waals surface area (Å²) in [4.78, 5) is 4.88. The van der Waals surface area contributed by atoms with E-state index in [1.54, 1.807) is 18.2 Å². The molecule has 2 saturated heterocycles. The summed E-state index contributed by atoms with van der Waals surface area (Å²) in [7, 11) is 0. The molecule has 21 heavy (non-hydrogen) atoms. The van der Waals surface area contributed by atoms with Crippen molar-refractivity contribution in [3.05, 3.63) is 35.6 Å². The van der Waals surface area contributed by atoms with Gasteiger partial charge in [-0.3, -0.25) is 9.80 Å². The van der Waals surface area contributed by atoms with E-state index in [9.17, 15) is 9.50 Å². The highest BCUT2D eigenvalue weighted by Gasteiger charge is 2.28. The van der Waals surface area contributed by atoms with Crippen LogP contribution in [0.25, 0.3) is 0 Å². The Kier molecular flexibility index (Phi) is 4.88. The molecule has 2 aliphatic heterocycles. The van der Waals surface area contributed by atoms with E-state index in [1.807, 2.05) is 0 Å². The molecule has 4 heteroatoms. The monoisotopic (exact) mass is 292 g/mol. The second-order valence-corrected chi connectivity index (χ2v) is 6.34. The van der Waals surface area contributed by atoms with Crippen LogP contribution in [0.2, 0.25) is 0 Å². The molecule has 0 spiro atoms. The summed E-state index contributed by atoms with van der Waals surface area (Å²) < 4.78 is 13.7. The lowest BCUT2D eigenvalue weighted by atomic mass is 10.0. The highest BCUT2D eigenvalue weighted by molar-refractivity contribution is 5.20. The van der Waals surface area contributed by atoms with Crippen molar-refractivity contribution in [2.45, 2.75) is 37.8 Å². The average molecular weight is 292 g/mol. The fourth-order valence-corrected chi connectivity index (χ4v) is 3.69. The quantitative estimate of drug-likeness (QED) is 0.923. The summed E-state index contributed by atoms with van der Waals surface area (Å²) in [5, 5.41) is 10.3. The molecule has 3 rings (SSSR count). The van der Waals surface area contributed by atoms with Gasteiger partial charge in [-0.2, -0.15) is 0 Å². The standard InChI is InChI=1S/C17H25FN2O/c18-16-8-2-1-7-15(16)17(21)13-19-9-5-6-14(12-19)20-10-3-4-11-20/h1-2,7-8,14,17,21H,3-6,9-13H2. The zero-order valence-corrected chi connectivity index (χ0v) is 12.5. The number of benzene rings is 1. The maximum atomic E-state index is 13.7. The van der Waals surface area contributed by atoms with E-state index in [4.69, 9.17) is 0 Å². The molecule has 1 aromatic rings. The van der Waals surface area contributed by atoms with Crippen molar-refractivity contribution in [3.63, 3.8) is 0 Å². The highest BCUT2D eigenvalue weighted by atomic mass is 19.1. The van der Waals surface area contributed by atoms with Crippen LogP contribution in [0.5, 0.6) is 0 Å². The minimum Gasteiger partial charge on any atom is -0.387 e. The van der Waals surface area contributed by atoms with Crippen molar-refractivity contribution < 1.29 is 9.50 Å². The lowest BCUT2D eigenvalue weighted by molar-refractivity contribution is 0.0636. The molecule has 2 aliphatic rings. The Hall–Kier alpha value is -0.970. The van der Waals surface area contributed by atoms with Crippen molar-refractivity contribution in [2.24, 2.45) is 0 Å².